The van der Waals surface area contributed by atoms with Crippen LogP contribution >= 0.6 is 0 Å². The van der Waals surface area contributed by atoms with Gasteiger partial charge in [0.05, 0.1) is 25.3 Å². The molecule has 0 N–H and O–H groups in total. The van der Waals surface area contributed by atoms with E-state index in [0.717, 1.165) is 43.6 Å². The molecule has 164 valence electrons. The molecule has 2 fully saturated rings. The van der Waals surface area contributed by atoms with E-state index in [2.05, 4.69) is 34.1 Å². The molecule has 1 unspecified atom stereocenters. The van der Waals surface area contributed by atoms with Gasteiger partial charge in [-0.05, 0) is 24.6 Å². The molecular formula is C23H28N4O4. The standard InChI is InChI=1S/C23H28N4O4/c1-25-14-19(22(24-25)29-2)23(28)26-10-6-17(7-11-26)31-21-5-3-4-20-18(21)8-12-27(20)16-9-13-30-15-16/h3-5,8,12,14,16-17H,6-7,9-11,13,15H2,1-2H3. The first kappa shape index (κ1) is 19.9. The van der Waals surface area contributed by atoms with E-state index in [1.54, 1.807) is 17.9 Å². The predicted molar refractivity (Wildman–Crippen MR) is 116 cm³/mol. The van der Waals surface area contributed by atoms with Crippen LogP contribution in [-0.4, -0.2) is 64.7 Å². The van der Waals surface area contributed by atoms with E-state index in [1.165, 1.54) is 12.6 Å². The highest BCUT2D eigenvalue weighted by atomic mass is 16.5. The van der Waals surface area contributed by atoms with Crippen molar-refractivity contribution in [2.24, 2.45) is 7.05 Å². The highest BCUT2D eigenvalue weighted by Crippen LogP contribution is 2.32. The van der Waals surface area contributed by atoms with E-state index in [1.807, 2.05) is 11.0 Å². The van der Waals surface area contributed by atoms with Gasteiger partial charge in [-0.15, -0.1) is 5.10 Å². The Labute approximate surface area is 181 Å². The van der Waals surface area contributed by atoms with Gasteiger partial charge in [-0.2, -0.15) is 0 Å². The van der Waals surface area contributed by atoms with Crippen LogP contribution in [0.25, 0.3) is 10.9 Å². The molecule has 1 amide bonds. The fraction of sp³-hybridized carbons (Fsp3) is 0.478. The van der Waals surface area contributed by atoms with Gasteiger partial charge in [-0.1, -0.05) is 6.07 Å². The van der Waals surface area contributed by atoms with Crippen LogP contribution in [0.1, 0.15) is 35.7 Å². The summed E-state index contributed by atoms with van der Waals surface area (Å²) in [7, 11) is 3.32. The summed E-state index contributed by atoms with van der Waals surface area (Å²) >= 11 is 0. The zero-order valence-corrected chi connectivity index (χ0v) is 18.0. The van der Waals surface area contributed by atoms with Crippen LogP contribution in [0.15, 0.2) is 36.7 Å². The topological polar surface area (TPSA) is 70.8 Å². The third-order valence-corrected chi connectivity index (χ3v) is 6.26. The van der Waals surface area contributed by atoms with E-state index in [0.29, 0.717) is 30.6 Å². The molecule has 0 saturated carbocycles. The number of carbonyl (C=O) groups excluding carboxylic acids is 1. The molecule has 2 aliphatic heterocycles. The van der Waals surface area contributed by atoms with Gasteiger partial charge in [-0.25, -0.2) is 0 Å². The van der Waals surface area contributed by atoms with Crippen molar-refractivity contribution in [3.63, 3.8) is 0 Å². The molecule has 5 rings (SSSR count). The highest BCUT2D eigenvalue weighted by molar-refractivity contribution is 5.96. The second-order valence-corrected chi connectivity index (χ2v) is 8.26. The number of fused-ring (bicyclic) bond motifs is 1. The van der Waals surface area contributed by atoms with Crippen LogP contribution in [0.3, 0.4) is 0 Å². The molecule has 0 bridgehead atoms. The Balaban J connectivity index is 1.25. The van der Waals surface area contributed by atoms with Crippen molar-refractivity contribution in [2.75, 3.05) is 33.4 Å². The molecule has 31 heavy (non-hydrogen) atoms. The number of hydrogen-bond donors (Lipinski definition) is 0. The Bertz CT molecular complexity index is 1070. The molecule has 0 radical (unpaired) electrons. The van der Waals surface area contributed by atoms with E-state index in [9.17, 15) is 4.79 Å². The van der Waals surface area contributed by atoms with Gasteiger partial charge < -0.3 is 23.7 Å². The monoisotopic (exact) mass is 424 g/mol. The fourth-order valence-electron chi connectivity index (χ4n) is 4.62. The number of aryl methyl sites for hydroxylation is 1. The van der Waals surface area contributed by atoms with Crippen molar-refractivity contribution in [1.29, 1.82) is 0 Å². The highest BCUT2D eigenvalue weighted by Gasteiger charge is 2.28. The molecule has 0 spiro atoms. The average Bonchev–Trinajstić information content (AvgIpc) is 3.53. The van der Waals surface area contributed by atoms with Gasteiger partial charge >= 0.3 is 0 Å². The third kappa shape index (κ3) is 3.76. The molecule has 0 aliphatic carbocycles. The number of hydrogen-bond acceptors (Lipinski definition) is 5. The van der Waals surface area contributed by atoms with Gasteiger partial charge in [0.2, 0.25) is 5.88 Å². The first-order chi connectivity index (χ1) is 15.1. The number of rotatable bonds is 5. The van der Waals surface area contributed by atoms with Gasteiger partial charge in [0.25, 0.3) is 5.91 Å². The van der Waals surface area contributed by atoms with Crippen molar-refractivity contribution in [3.8, 4) is 11.6 Å². The minimum atomic E-state index is -0.0404. The number of ether oxygens (including phenoxy) is 3. The molecule has 8 heteroatoms. The van der Waals surface area contributed by atoms with E-state index < -0.39 is 0 Å². The maximum atomic E-state index is 12.9. The number of methoxy groups -OCH3 is 1. The van der Waals surface area contributed by atoms with E-state index in [4.69, 9.17) is 14.2 Å². The zero-order valence-electron chi connectivity index (χ0n) is 18.0. The van der Waals surface area contributed by atoms with Gasteiger partial charge in [0, 0.05) is 57.4 Å². The van der Waals surface area contributed by atoms with Crippen molar-refractivity contribution in [3.05, 3.63) is 42.2 Å². The van der Waals surface area contributed by atoms with Crippen LogP contribution in [0.4, 0.5) is 0 Å². The number of aromatic nitrogens is 3. The second kappa shape index (κ2) is 8.26. The minimum Gasteiger partial charge on any atom is -0.490 e. The molecule has 1 aromatic carbocycles. The largest absolute Gasteiger partial charge is 0.490 e. The zero-order chi connectivity index (χ0) is 21.4. The third-order valence-electron chi connectivity index (χ3n) is 6.26. The summed E-state index contributed by atoms with van der Waals surface area (Å²) in [6.07, 6.45) is 6.57. The lowest BCUT2D eigenvalue weighted by molar-refractivity contribution is 0.0595. The van der Waals surface area contributed by atoms with Crippen molar-refractivity contribution < 1.29 is 19.0 Å². The van der Waals surface area contributed by atoms with Gasteiger partial charge in [0.15, 0.2) is 0 Å². The normalized spacial score (nSPS) is 19.8. The quantitative estimate of drug-likeness (QED) is 0.630. The number of likely N-dealkylation sites (tertiary alicyclic amines) is 1. The van der Waals surface area contributed by atoms with Crippen LogP contribution in [0.2, 0.25) is 0 Å². The first-order valence-electron chi connectivity index (χ1n) is 10.8. The average molecular weight is 425 g/mol. The lowest BCUT2D eigenvalue weighted by Gasteiger charge is -2.32. The second-order valence-electron chi connectivity index (χ2n) is 8.26. The minimum absolute atomic E-state index is 0.0404. The van der Waals surface area contributed by atoms with Gasteiger partial charge in [-0.3, -0.25) is 9.48 Å². The Morgan fingerprint density at radius 2 is 2.03 bits per heavy atom. The maximum Gasteiger partial charge on any atom is 0.260 e. The van der Waals surface area contributed by atoms with Crippen molar-refractivity contribution in [2.45, 2.75) is 31.4 Å². The molecule has 3 aromatic rings. The summed E-state index contributed by atoms with van der Waals surface area (Å²) in [4.78, 5) is 14.8. The van der Waals surface area contributed by atoms with Crippen molar-refractivity contribution >= 4 is 16.8 Å². The summed E-state index contributed by atoms with van der Waals surface area (Å²) in [5.74, 6) is 1.24. The Morgan fingerprint density at radius 3 is 2.77 bits per heavy atom. The van der Waals surface area contributed by atoms with Crippen molar-refractivity contribution in [1.82, 2.24) is 19.2 Å². The number of carbonyl (C=O) groups is 1. The van der Waals surface area contributed by atoms with Crippen LogP contribution in [0.5, 0.6) is 11.6 Å². The SMILES string of the molecule is COc1nn(C)cc1C(=O)N1CCC(Oc2cccc3c2ccn3C2CCOC2)CC1. The lowest BCUT2D eigenvalue weighted by Crippen LogP contribution is -2.41. The Kier molecular flexibility index (Phi) is 5.31. The summed E-state index contributed by atoms with van der Waals surface area (Å²) in [5.41, 5.74) is 1.69. The summed E-state index contributed by atoms with van der Waals surface area (Å²) in [5, 5.41) is 5.32. The van der Waals surface area contributed by atoms with Crippen LogP contribution < -0.4 is 9.47 Å². The smallest absolute Gasteiger partial charge is 0.260 e. The Morgan fingerprint density at radius 1 is 1.19 bits per heavy atom. The van der Waals surface area contributed by atoms with E-state index in [-0.39, 0.29) is 12.0 Å². The molecule has 2 saturated heterocycles. The fourth-order valence-corrected chi connectivity index (χ4v) is 4.62. The van der Waals surface area contributed by atoms with Crippen LogP contribution in [0, 0.1) is 0 Å². The van der Waals surface area contributed by atoms with Crippen LogP contribution in [-0.2, 0) is 11.8 Å². The number of benzene rings is 1. The molecular weight excluding hydrogens is 396 g/mol. The predicted octanol–water partition coefficient (Wildman–Crippen LogP) is 3.03. The molecule has 1 atom stereocenters. The summed E-state index contributed by atoms with van der Waals surface area (Å²) in [6, 6.07) is 8.76. The number of piperidine rings is 1. The first-order valence-corrected chi connectivity index (χ1v) is 10.8. The maximum absolute atomic E-state index is 12.9. The van der Waals surface area contributed by atoms with Gasteiger partial charge in [0.1, 0.15) is 17.4 Å². The summed E-state index contributed by atoms with van der Waals surface area (Å²) in [6.45, 7) is 2.89. The number of nitrogens with zero attached hydrogens (tertiary/aromatic N) is 4. The van der Waals surface area contributed by atoms with E-state index >= 15 is 0 Å². The molecule has 2 aromatic heterocycles. The molecule has 2 aliphatic rings. The lowest BCUT2D eigenvalue weighted by atomic mass is 10.1. The molecule has 4 heterocycles. The molecule has 8 nitrogen and oxygen atoms in total. The number of amides is 1. The Hall–Kier alpha value is -3.00. The summed E-state index contributed by atoms with van der Waals surface area (Å²) < 4.78 is 21.1.